The predicted octanol–water partition coefficient (Wildman–Crippen LogP) is 3.94. The molecule has 3 rings (SSSR count). The van der Waals surface area contributed by atoms with Crippen LogP contribution in [0, 0.1) is 0 Å². The lowest BCUT2D eigenvalue weighted by molar-refractivity contribution is 0.341. The van der Waals surface area contributed by atoms with Crippen LogP contribution in [0.15, 0.2) is 42.6 Å². The van der Waals surface area contributed by atoms with Gasteiger partial charge in [0.15, 0.2) is 0 Å². The maximum absolute atomic E-state index is 6.78. The minimum absolute atomic E-state index is 0.301. The SMILES string of the molecule is CCc1ccc(C(C)(N)C2CCCc3cccnc32)cc1. The Kier molecular flexibility index (Phi) is 3.81. The van der Waals surface area contributed by atoms with Crippen molar-refractivity contribution in [3.05, 3.63) is 65.0 Å². The van der Waals surface area contributed by atoms with Crippen LogP contribution in [0.4, 0.5) is 0 Å². The van der Waals surface area contributed by atoms with Gasteiger partial charge in [0.25, 0.3) is 0 Å². The largest absolute Gasteiger partial charge is 0.321 e. The number of nitrogens with zero attached hydrogens (tertiary/aromatic N) is 1. The van der Waals surface area contributed by atoms with Crippen molar-refractivity contribution >= 4 is 0 Å². The van der Waals surface area contributed by atoms with Gasteiger partial charge in [-0.25, -0.2) is 0 Å². The summed E-state index contributed by atoms with van der Waals surface area (Å²) in [5, 5.41) is 0. The van der Waals surface area contributed by atoms with Gasteiger partial charge in [0.1, 0.15) is 0 Å². The fourth-order valence-corrected chi connectivity index (χ4v) is 3.49. The Morgan fingerprint density at radius 1 is 1.24 bits per heavy atom. The summed E-state index contributed by atoms with van der Waals surface area (Å²) in [4.78, 5) is 4.65. The molecule has 2 nitrogen and oxygen atoms in total. The molecule has 110 valence electrons. The monoisotopic (exact) mass is 280 g/mol. The molecule has 1 heterocycles. The minimum atomic E-state index is -0.365. The Hall–Kier alpha value is -1.67. The minimum Gasteiger partial charge on any atom is -0.321 e. The number of pyridine rings is 1. The Morgan fingerprint density at radius 3 is 2.71 bits per heavy atom. The second kappa shape index (κ2) is 5.61. The van der Waals surface area contributed by atoms with Crippen molar-refractivity contribution in [2.75, 3.05) is 0 Å². The molecule has 0 bridgehead atoms. The quantitative estimate of drug-likeness (QED) is 0.925. The van der Waals surface area contributed by atoms with E-state index in [0.717, 1.165) is 19.3 Å². The first kappa shape index (κ1) is 14.3. The third-order valence-corrected chi connectivity index (χ3v) is 4.90. The molecule has 2 aromatic rings. The zero-order valence-corrected chi connectivity index (χ0v) is 13.0. The second-order valence-electron chi connectivity index (χ2n) is 6.33. The predicted molar refractivity (Wildman–Crippen MR) is 87.3 cm³/mol. The van der Waals surface area contributed by atoms with Crippen molar-refractivity contribution in [3.8, 4) is 0 Å². The molecular formula is C19H24N2. The molecule has 0 fully saturated rings. The van der Waals surface area contributed by atoms with E-state index in [1.165, 1.54) is 28.8 Å². The lowest BCUT2D eigenvalue weighted by Crippen LogP contribution is -2.41. The number of aryl methyl sites for hydroxylation is 2. The summed E-state index contributed by atoms with van der Waals surface area (Å²) in [7, 11) is 0. The molecule has 0 saturated heterocycles. The Balaban J connectivity index is 1.98. The molecule has 0 amide bonds. The van der Waals surface area contributed by atoms with E-state index < -0.39 is 0 Å². The molecule has 2 atom stereocenters. The topological polar surface area (TPSA) is 38.9 Å². The zero-order valence-electron chi connectivity index (χ0n) is 13.0. The maximum atomic E-state index is 6.78. The molecule has 1 aromatic carbocycles. The molecule has 1 aliphatic carbocycles. The molecule has 0 saturated carbocycles. The van der Waals surface area contributed by atoms with Gasteiger partial charge in [-0.3, -0.25) is 4.98 Å². The van der Waals surface area contributed by atoms with Crippen molar-refractivity contribution in [3.63, 3.8) is 0 Å². The van der Waals surface area contributed by atoms with E-state index in [1.807, 2.05) is 12.3 Å². The highest BCUT2D eigenvalue weighted by atomic mass is 14.8. The molecule has 1 aromatic heterocycles. The molecule has 2 unspecified atom stereocenters. The van der Waals surface area contributed by atoms with Gasteiger partial charge < -0.3 is 5.73 Å². The van der Waals surface area contributed by atoms with Crippen LogP contribution in [0.1, 0.15) is 55.0 Å². The summed E-state index contributed by atoms with van der Waals surface area (Å²) in [6.07, 6.45) is 6.41. The number of rotatable bonds is 3. The number of hydrogen-bond donors (Lipinski definition) is 1. The third-order valence-electron chi connectivity index (χ3n) is 4.90. The van der Waals surface area contributed by atoms with Crippen molar-refractivity contribution in [1.82, 2.24) is 4.98 Å². The van der Waals surface area contributed by atoms with Gasteiger partial charge in [-0.1, -0.05) is 37.3 Å². The molecule has 0 radical (unpaired) electrons. The summed E-state index contributed by atoms with van der Waals surface area (Å²) in [5.74, 6) is 0.301. The van der Waals surface area contributed by atoms with Crippen molar-refractivity contribution in [2.45, 2.75) is 51.0 Å². The fourth-order valence-electron chi connectivity index (χ4n) is 3.49. The molecule has 1 aliphatic rings. The number of aromatic nitrogens is 1. The van der Waals surface area contributed by atoms with E-state index in [-0.39, 0.29) is 5.54 Å². The van der Waals surface area contributed by atoms with Gasteiger partial charge in [-0.15, -0.1) is 0 Å². The number of fused-ring (bicyclic) bond motifs is 1. The normalized spacial score (nSPS) is 20.6. The summed E-state index contributed by atoms with van der Waals surface area (Å²) in [5.41, 5.74) is 11.6. The van der Waals surface area contributed by atoms with Crippen molar-refractivity contribution < 1.29 is 0 Å². The lowest BCUT2D eigenvalue weighted by Gasteiger charge is -2.38. The highest BCUT2D eigenvalue weighted by Gasteiger charge is 2.36. The summed E-state index contributed by atoms with van der Waals surface area (Å²) >= 11 is 0. The summed E-state index contributed by atoms with van der Waals surface area (Å²) in [6, 6.07) is 13.0. The van der Waals surface area contributed by atoms with Gasteiger partial charge in [0, 0.05) is 23.3 Å². The highest BCUT2D eigenvalue weighted by molar-refractivity contribution is 5.35. The average Bonchev–Trinajstić information content (AvgIpc) is 2.54. The molecular weight excluding hydrogens is 256 g/mol. The molecule has 21 heavy (non-hydrogen) atoms. The second-order valence-corrected chi connectivity index (χ2v) is 6.33. The van der Waals surface area contributed by atoms with E-state index in [4.69, 9.17) is 5.73 Å². The first-order valence-corrected chi connectivity index (χ1v) is 7.95. The maximum Gasteiger partial charge on any atom is 0.0488 e. The van der Waals surface area contributed by atoms with Crippen LogP contribution in [0.2, 0.25) is 0 Å². The Morgan fingerprint density at radius 2 is 2.00 bits per heavy atom. The van der Waals surface area contributed by atoms with Crippen LogP contribution < -0.4 is 5.73 Å². The van der Waals surface area contributed by atoms with Gasteiger partial charge in [0.2, 0.25) is 0 Å². The van der Waals surface area contributed by atoms with Crippen molar-refractivity contribution in [2.24, 2.45) is 5.73 Å². The standard InChI is InChI=1S/C19H24N2/c1-3-14-9-11-16(12-10-14)19(2,20)17-8-4-6-15-7-5-13-21-18(15)17/h5,7,9-13,17H,3-4,6,8,20H2,1-2H3. The highest BCUT2D eigenvalue weighted by Crippen LogP contribution is 2.41. The third kappa shape index (κ3) is 2.60. The van der Waals surface area contributed by atoms with E-state index in [0.29, 0.717) is 5.92 Å². The van der Waals surface area contributed by atoms with Gasteiger partial charge in [0.05, 0.1) is 0 Å². The molecule has 0 aliphatic heterocycles. The van der Waals surface area contributed by atoms with Gasteiger partial charge in [-0.05, 0) is 55.4 Å². The van der Waals surface area contributed by atoms with Crippen LogP contribution >= 0.6 is 0 Å². The van der Waals surface area contributed by atoms with Crippen LogP contribution in [0.3, 0.4) is 0 Å². The van der Waals surface area contributed by atoms with E-state index in [1.54, 1.807) is 0 Å². The average molecular weight is 280 g/mol. The van der Waals surface area contributed by atoms with Crippen LogP contribution in [-0.2, 0) is 18.4 Å². The van der Waals surface area contributed by atoms with Gasteiger partial charge in [-0.2, -0.15) is 0 Å². The first-order chi connectivity index (χ1) is 10.1. The van der Waals surface area contributed by atoms with Crippen molar-refractivity contribution in [1.29, 1.82) is 0 Å². The Labute approximate surface area is 127 Å². The summed E-state index contributed by atoms with van der Waals surface area (Å²) < 4.78 is 0. The number of hydrogen-bond acceptors (Lipinski definition) is 2. The number of benzene rings is 1. The van der Waals surface area contributed by atoms with E-state index >= 15 is 0 Å². The van der Waals surface area contributed by atoms with Crippen LogP contribution in [0.25, 0.3) is 0 Å². The molecule has 0 spiro atoms. The van der Waals surface area contributed by atoms with Gasteiger partial charge >= 0.3 is 0 Å². The molecule has 2 heteroatoms. The van der Waals surface area contributed by atoms with E-state index in [9.17, 15) is 0 Å². The van der Waals surface area contributed by atoms with Crippen LogP contribution in [0.5, 0.6) is 0 Å². The fraction of sp³-hybridized carbons (Fsp3) is 0.421. The number of nitrogens with two attached hydrogens (primary N) is 1. The Bertz CT molecular complexity index is 614. The lowest BCUT2D eigenvalue weighted by atomic mass is 9.72. The first-order valence-electron chi connectivity index (χ1n) is 7.95. The van der Waals surface area contributed by atoms with E-state index in [2.05, 4.69) is 49.2 Å². The zero-order chi connectivity index (χ0) is 14.9. The molecule has 2 N–H and O–H groups in total. The van der Waals surface area contributed by atoms with Crippen LogP contribution in [-0.4, -0.2) is 4.98 Å². The smallest absolute Gasteiger partial charge is 0.0488 e. The summed E-state index contributed by atoms with van der Waals surface area (Å²) in [6.45, 7) is 4.33.